The number of thiocarbonyl (C=S) groups is 1. The van der Waals surface area contributed by atoms with Gasteiger partial charge in [-0.1, -0.05) is 25.6 Å². The Morgan fingerprint density at radius 1 is 1.38 bits per heavy atom. The Balaban J connectivity index is 2.20. The van der Waals surface area contributed by atoms with Crippen molar-refractivity contribution in [1.29, 1.82) is 0 Å². The Labute approximate surface area is 86.3 Å². The third kappa shape index (κ3) is 1.50. The minimum atomic E-state index is 0.252. The lowest BCUT2D eigenvalue weighted by atomic mass is 9.70. The third-order valence-corrected chi connectivity index (χ3v) is 4.23. The Morgan fingerprint density at radius 3 is 2.77 bits per heavy atom. The molecule has 2 rings (SSSR count). The molecular formula is C11H19NS. The summed E-state index contributed by atoms with van der Waals surface area (Å²) in [5, 5.41) is 3.49. The van der Waals surface area contributed by atoms with E-state index in [0.717, 1.165) is 16.8 Å². The van der Waals surface area contributed by atoms with Crippen LogP contribution in [0, 0.1) is 17.8 Å². The Hall–Kier alpha value is -0.110. The first-order chi connectivity index (χ1) is 6.00. The quantitative estimate of drug-likeness (QED) is 0.599. The summed E-state index contributed by atoms with van der Waals surface area (Å²) in [6.07, 6.45) is 4.04. The molecule has 1 N–H and O–H groups in total. The van der Waals surface area contributed by atoms with Crippen LogP contribution in [0.1, 0.15) is 40.0 Å². The molecular weight excluding hydrogens is 178 g/mol. The van der Waals surface area contributed by atoms with Crippen molar-refractivity contribution in [3.05, 3.63) is 0 Å². The van der Waals surface area contributed by atoms with E-state index in [4.69, 9.17) is 12.2 Å². The normalized spacial score (nSPS) is 42.7. The zero-order chi connectivity index (χ0) is 9.64. The maximum Gasteiger partial charge on any atom is 0.0792 e. The minimum Gasteiger partial charge on any atom is -0.374 e. The maximum atomic E-state index is 5.41. The standard InChI is InChI=1S/C11H19NS/c1-7-4-5-9-8(6-7)10(13)12-11(9,2)3/h7-9H,4-6H2,1-3H3,(H,12,13). The molecule has 1 aliphatic heterocycles. The van der Waals surface area contributed by atoms with Crippen LogP contribution in [0.25, 0.3) is 0 Å². The van der Waals surface area contributed by atoms with Gasteiger partial charge in [-0.25, -0.2) is 0 Å². The number of nitrogens with one attached hydrogen (secondary N) is 1. The molecule has 1 saturated heterocycles. The van der Waals surface area contributed by atoms with Gasteiger partial charge in [0.05, 0.1) is 4.99 Å². The highest BCUT2D eigenvalue weighted by Crippen LogP contribution is 2.44. The summed E-state index contributed by atoms with van der Waals surface area (Å²) < 4.78 is 0. The first kappa shape index (κ1) is 9.45. The van der Waals surface area contributed by atoms with Crippen LogP contribution in [0.15, 0.2) is 0 Å². The molecule has 3 atom stereocenters. The molecule has 2 aliphatic rings. The smallest absolute Gasteiger partial charge is 0.0792 e. The molecule has 2 fully saturated rings. The molecule has 0 bridgehead atoms. The fourth-order valence-corrected chi connectivity index (χ4v) is 3.56. The molecule has 0 amide bonds. The van der Waals surface area contributed by atoms with E-state index in [0.29, 0.717) is 5.92 Å². The van der Waals surface area contributed by atoms with Crippen molar-refractivity contribution in [3.8, 4) is 0 Å². The van der Waals surface area contributed by atoms with E-state index in [2.05, 4.69) is 26.1 Å². The molecule has 1 nitrogen and oxygen atoms in total. The van der Waals surface area contributed by atoms with Crippen LogP contribution in [0.2, 0.25) is 0 Å². The van der Waals surface area contributed by atoms with Gasteiger partial charge in [-0.3, -0.25) is 0 Å². The van der Waals surface area contributed by atoms with Gasteiger partial charge in [0.2, 0.25) is 0 Å². The summed E-state index contributed by atoms with van der Waals surface area (Å²) in [4.78, 5) is 1.13. The van der Waals surface area contributed by atoms with Gasteiger partial charge in [-0.05, 0) is 38.5 Å². The van der Waals surface area contributed by atoms with Crippen LogP contribution < -0.4 is 5.32 Å². The first-order valence-electron chi connectivity index (χ1n) is 5.33. The van der Waals surface area contributed by atoms with E-state index in [1.807, 2.05) is 0 Å². The monoisotopic (exact) mass is 197 g/mol. The second-order valence-electron chi connectivity index (χ2n) is 5.34. The number of hydrogen-bond donors (Lipinski definition) is 1. The van der Waals surface area contributed by atoms with Crippen LogP contribution in [0.4, 0.5) is 0 Å². The predicted molar refractivity (Wildman–Crippen MR) is 59.8 cm³/mol. The summed E-state index contributed by atoms with van der Waals surface area (Å²) in [6.45, 7) is 6.93. The third-order valence-electron chi connectivity index (χ3n) is 3.82. The van der Waals surface area contributed by atoms with Gasteiger partial charge in [-0.15, -0.1) is 0 Å². The fourth-order valence-electron chi connectivity index (χ4n) is 3.04. The Kier molecular flexibility index (Phi) is 2.14. The first-order valence-corrected chi connectivity index (χ1v) is 5.73. The lowest BCUT2D eigenvalue weighted by Gasteiger charge is -2.35. The molecule has 0 radical (unpaired) electrons. The van der Waals surface area contributed by atoms with E-state index in [9.17, 15) is 0 Å². The summed E-state index contributed by atoms with van der Waals surface area (Å²) in [5.74, 6) is 2.33. The highest BCUT2D eigenvalue weighted by atomic mass is 32.1. The fraction of sp³-hybridized carbons (Fsp3) is 0.909. The molecule has 1 aliphatic carbocycles. The largest absolute Gasteiger partial charge is 0.374 e. The van der Waals surface area contributed by atoms with E-state index >= 15 is 0 Å². The van der Waals surface area contributed by atoms with Gasteiger partial charge in [0.25, 0.3) is 0 Å². The van der Waals surface area contributed by atoms with Gasteiger partial charge >= 0.3 is 0 Å². The van der Waals surface area contributed by atoms with Crippen molar-refractivity contribution in [2.45, 2.75) is 45.6 Å². The zero-order valence-electron chi connectivity index (χ0n) is 8.76. The molecule has 74 valence electrons. The summed E-state index contributed by atoms with van der Waals surface area (Å²) in [6, 6.07) is 0. The van der Waals surface area contributed by atoms with Crippen molar-refractivity contribution >= 4 is 17.2 Å². The van der Waals surface area contributed by atoms with Crippen LogP contribution >= 0.6 is 12.2 Å². The van der Waals surface area contributed by atoms with Crippen LogP contribution in [0.3, 0.4) is 0 Å². The van der Waals surface area contributed by atoms with Crippen molar-refractivity contribution in [3.63, 3.8) is 0 Å². The van der Waals surface area contributed by atoms with Gasteiger partial charge in [0.1, 0.15) is 0 Å². The van der Waals surface area contributed by atoms with E-state index in [-0.39, 0.29) is 5.54 Å². The molecule has 1 saturated carbocycles. The van der Waals surface area contributed by atoms with Gasteiger partial charge < -0.3 is 5.32 Å². The van der Waals surface area contributed by atoms with Gasteiger partial charge in [0, 0.05) is 11.5 Å². The number of rotatable bonds is 0. The average Bonchev–Trinajstić information content (AvgIpc) is 2.22. The summed E-state index contributed by atoms with van der Waals surface area (Å²) in [7, 11) is 0. The molecule has 0 aromatic rings. The van der Waals surface area contributed by atoms with Crippen LogP contribution in [0.5, 0.6) is 0 Å². The van der Waals surface area contributed by atoms with E-state index in [1.165, 1.54) is 19.3 Å². The highest BCUT2D eigenvalue weighted by molar-refractivity contribution is 7.80. The average molecular weight is 197 g/mol. The van der Waals surface area contributed by atoms with Gasteiger partial charge in [0.15, 0.2) is 0 Å². The Bertz CT molecular complexity index is 234. The minimum absolute atomic E-state index is 0.252. The molecule has 2 heteroatoms. The van der Waals surface area contributed by atoms with Crippen molar-refractivity contribution in [1.82, 2.24) is 5.32 Å². The number of fused-ring (bicyclic) bond motifs is 1. The lowest BCUT2D eigenvalue weighted by molar-refractivity contribution is 0.189. The van der Waals surface area contributed by atoms with Crippen LogP contribution in [-0.2, 0) is 0 Å². The second-order valence-corrected chi connectivity index (χ2v) is 5.78. The van der Waals surface area contributed by atoms with Crippen LogP contribution in [-0.4, -0.2) is 10.5 Å². The van der Waals surface area contributed by atoms with E-state index in [1.54, 1.807) is 0 Å². The van der Waals surface area contributed by atoms with Crippen molar-refractivity contribution in [2.75, 3.05) is 0 Å². The lowest BCUT2D eigenvalue weighted by Crippen LogP contribution is -2.40. The number of hydrogen-bond acceptors (Lipinski definition) is 1. The SMILES string of the molecule is CC1CCC2C(C1)C(=S)NC2(C)C. The maximum absolute atomic E-state index is 5.41. The summed E-state index contributed by atoms with van der Waals surface area (Å²) in [5.41, 5.74) is 0.252. The molecule has 0 aromatic carbocycles. The Morgan fingerprint density at radius 2 is 2.08 bits per heavy atom. The van der Waals surface area contributed by atoms with Crippen molar-refractivity contribution in [2.24, 2.45) is 17.8 Å². The summed E-state index contributed by atoms with van der Waals surface area (Å²) >= 11 is 5.41. The highest BCUT2D eigenvalue weighted by Gasteiger charge is 2.46. The molecule has 1 heterocycles. The van der Waals surface area contributed by atoms with Crippen molar-refractivity contribution < 1.29 is 0 Å². The molecule has 0 spiro atoms. The second kappa shape index (κ2) is 2.94. The topological polar surface area (TPSA) is 12.0 Å². The zero-order valence-corrected chi connectivity index (χ0v) is 9.58. The molecule has 0 aromatic heterocycles. The molecule has 3 unspecified atom stereocenters. The predicted octanol–water partition coefficient (Wildman–Crippen LogP) is 2.75. The molecule has 13 heavy (non-hydrogen) atoms. The van der Waals surface area contributed by atoms with Gasteiger partial charge in [-0.2, -0.15) is 0 Å². The van der Waals surface area contributed by atoms with E-state index < -0.39 is 0 Å².